The number of likely N-dealkylation sites (tertiary alicyclic amines) is 1. The molecule has 1 fully saturated rings. The molecule has 1 atom stereocenters. The van der Waals surface area contributed by atoms with Crippen molar-refractivity contribution in [2.45, 2.75) is 38.1 Å². The minimum Gasteiger partial charge on any atom is -0.352 e. The first-order valence-electron chi connectivity index (χ1n) is 7.66. The largest absolute Gasteiger partial charge is 0.352 e. The highest BCUT2D eigenvalue weighted by Gasteiger charge is 2.23. The fraction of sp³-hybridized carbons (Fsp3) is 0.500. The third-order valence-corrected chi connectivity index (χ3v) is 4.28. The van der Waals surface area contributed by atoms with Gasteiger partial charge in [0.05, 0.1) is 12.5 Å². The van der Waals surface area contributed by atoms with E-state index in [0.717, 1.165) is 38.8 Å². The van der Waals surface area contributed by atoms with Crippen LogP contribution < -0.4 is 11.1 Å². The number of urea groups is 1. The number of carbonyl (C=O) groups excluding carboxylic acids is 2. The molecule has 0 radical (unpaired) electrons. The van der Waals surface area contributed by atoms with Crippen molar-refractivity contribution in [2.75, 3.05) is 13.1 Å². The number of carbonyl (C=O) groups is 2. The van der Waals surface area contributed by atoms with E-state index in [1.807, 2.05) is 17.0 Å². The molecule has 1 heterocycles. The minimum absolute atomic E-state index is 0.0283. The predicted molar refractivity (Wildman–Crippen MR) is 86.6 cm³/mol. The van der Waals surface area contributed by atoms with E-state index >= 15 is 0 Å². The quantitative estimate of drug-likeness (QED) is 0.894. The fourth-order valence-corrected chi connectivity index (χ4v) is 3.06. The van der Waals surface area contributed by atoms with Gasteiger partial charge in [-0.25, -0.2) is 4.79 Å². The molecule has 0 saturated carbocycles. The van der Waals surface area contributed by atoms with Crippen LogP contribution in [0.1, 0.15) is 43.7 Å². The van der Waals surface area contributed by atoms with E-state index in [9.17, 15) is 9.59 Å². The monoisotopic (exact) mass is 323 g/mol. The zero-order chi connectivity index (χ0) is 15.9. The Kier molecular flexibility index (Phi) is 6.07. The first-order valence-corrected chi connectivity index (χ1v) is 8.04. The first kappa shape index (κ1) is 16.6. The maximum atomic E-state index is 12.5. The highest BCUT2D eigenvalue weighted by atomic mass is 35.5. The summed E-state index contributed by atoms with van der Waals surface area (Å²) < 4.78 is 0. The van der Waals surface area contributed by atoms with Crippen molar-refractivity contribution >= 4 is 23.5 Å². The molecule has 1 aliphatic rings. The van der Waals surface area contributed by atoms with Gasteiger partial charge in [-0.05, 0) is 24.5 Å². The highest BCUT2D eigenvalue weighted by molar-refractivity contribution is 6.31. The summed E-state index contributed by atoms with van der Waals surface area (Å²) in [5.74, 6) is 0.0283. The van der Waals surface area contributed by atoms with E-state index in [-0.39, 0.29) is 12.3 Å². The summed E-state index contributed by atoms with van der Waals surface area (Å²) in [6, 6.07) is 6.02. The van der Waals surface area contributed by atoms with Crippen LogP contribution in [0.25, 0.3) is 0 Å². The number of amides is 3. The molecule has 3 amide bonds. The van der Waals surface area contributed by atoms with Crippen molar-refractivity contribution in [2.24, 2.45) is 5.73 Å². The molecule has 0 bridgehead atoms. The van der Waals surface area contributed by atoms with E-state index in [2.05, 4.69) is 5.32 Å². The summed E-state index contributed by atoms with van der Waals surface area (Å²) in [5, 5.41) is 3.15. The number of nitrogens with one attached hydrogen (secondary N) is 1. The van der Waals surface area contributed by atoms with E-state index in [1.54, 1.807) is 12.1 Å². The topological polar surface area (TPSA) is 75.4 Å². The number of nitrogens with zero attached hydrogens (tertiary/aromatic N) is 1. The molecule has 6 heteroatoms. The molecule has 22 heavy (non-hydrogen) atoms. The molecule has 1 aromatic rings. The van der Waals surface area contributed by atoms with Gasteiger partial charge in [-0.2, -0.15) is 0 Å². The van der Waals surface area contributed by atoms with Crippen LogP contribution in [0.15, 0.2) is 24.3 Å². The predicted octanol–water partition coefficient (Wildman–Crippen LogP) is 2.84. The Balaban J connectivity index is 2.10. The van der Waals surface area contributed by atoms with Crippen LogP contribution in [0, 0.1) is 0 Å². The Morgan fingerprint density at radius 2 is 1.82 bits per heavy atom. The lowest BCUT2D eigenvalue weighted by molar-refractivity contribution is -0.131. The van der Waals surface area contributed by atoms with Crippen LogP contribution in [-0.4, -0.2) is 29.9 Å². The van der Waals surface area contributed by atoms with E-state index in [1.165, 1.54) is 0 Å². The maximum absolute atomic E-state index is 12.5. The number of primary amides is 1. The SMILES string of the molecule is NC(=O)NC(CC(=O)N1CCCCCC1)c1ccccc1Cl. The second kappa shape index (κ2) is 8.03. The van der Waals surface area contributed by atoms with Crippen LogP contribution >= 0.6 is 11.6 Å². The van der Waals surface area contributed by atoms with Gasteiger partial charge in [0.15, 0.2) is 0 Å². The fourth-order valence-electron chi connectivity index (χ4n) is 2.79. The van der Waals surface area contributed by atoms with Crippen LogP contribution in [-0.2, 0) is 4.79 Å². The highest BCUT2D eigenvalue weighted by Crippen LogP contribution is 2.26. The van der Waals surface area contributed by atoms with Gasteiger partial charge in [0.2, 0.25) is 5.91 Å². The van der Waals surface area contributed by atoms with Gasteiger partial charge in [0.25, 0.3) is 0 Å². The molecule has 0 aromatic heterocycles. The van der Waals surface area contributed by atoms with Crippen molar-refractivity contribution in [1.82, 2.24) is 10.2 Å². The zero-order valence-corrected chi connectivity index (χ0v) is 13.3. The average molecular weight is 324 g/mol. The number of hydrogen-bond acceptors (Lipinski definition) is 2. The molecule has 1 aromatic carbocycles. The summed E-state index contributed by atoms with van der Waals surface area (Å²) in [6.45, 7) is 1.56. The van der Waals surface area contributed by atoms with Gasteiger partial charge in [-0.1, -0.05) is 42.6 Å². The lowest BCUT2D eigenvalue weighted by atomic mass is 10.0. The van der Waals surface area contributed by atoms with E-state index in [4.69, 9.17) is 17.3 Å². The normalized spacial score (nSPS) is 16.7. The molecule has 2 rings (SSSR count). The molecule has 5 nitrogen and oxygen atoms in total. The number of rotatable bonds is 4. The van der Waals surface area contributed by atoms with Crippen LogP contribution in [0.2, 0.25) is 5.02 Å². The van der Waals surface area contributed by atoms with Crippen LogP contribution in [0.3, 0.4) is 0 Å². The summed E-state index contributed by atoms with van der Waals surface area (Å²) in [5.41, 5.74) is 5.96. The lowest BCUT2D eigenvalue weighted by Crippen LogP contribution is -2.38. The maximum Gasteiger partial charge on any atom is 0.312 e. The molecule has 1 saturated heterocycles. The minimum atomic E-state index is -0.659. The second-order valence-corrected chi connectivity index (χ2v) is 5.99. The Morgan fingerprint density at radius 1 is 1.18 bits per heavy atom. The smallest absolute Gasteiger partial charge is 0.312 e. The Labute approximate surface area is 135 Å². The molecular formula is C16H22ClN3O2. The van der Waals surface area contributed by atoms with Crippen molar-refractivity contribution in [3.63, 3.8) is 0 Å². The molecule has 120 valence electrons. The Morgan fingerprint density at radius 3 is 2.41 bits per heavy atom. The van der Waals surface area contributed by atoms with Crippen molar-refractivity contribution < 1.29 is 9.59 Å². The Bertz CT molecular complexity index is 528. The van der Waals surface area contributed by atoms with Gasteiger partial charge in [-0.15, -0.1) is 0 Å². The van der Waals surface area contributed by atoms with Crippen molar-refractivity contribution in [3.8, 4) is 0 Å². The molecule has 0 aliphatic carbocycles. The molecule has 3 N–H and O–H groups in total. The Hall–Kier alpha value is -1.75. The summed E-state index contributed by atoms with van der Waals surface area (Å²) in [6.07, 6.45) is 4.57. The molecule has 1 aliphatic heterocycles. The van der Waals surface area contributed by atoms with E-state index < -0.39 is 12.1 Å². The number of halogens is 1. The molecule has 0 spiro atoms. The summed E-state index contributed by atoms with van der Waals surface area (Å²) in [4.78, 5) is 25.6. The number of nitrogens with two attached hydrogens (primary N) is 1. The number of benzene rings is 1. The van der Waals surface area contributed by atoms with Gasteiger partial charge >= 0.3 is 6.03 Å². The third kappa shape index (κ3) is 4.63. The van der Waals surface area contributed by atoms with Crippen LogP contribution in [0.5, 0.6) is 0 Å². The second-order valence-electron chi connectivity index (χ2n) is 5.58. The average Bonchev–Trinajstić information content (AvgIpc) is 2.75. The number of hydrogen-bond donors (Lipinski definition) is 2. The van der Waals surface area contributed by atoms with Gasteiger partial charge in [0, 0.05) is 18.1 Å². The lowest BCUT2D eigenvalue weighted by Gasteiger charge is -2.24. The first-order chi connectivity index (χ1) is 10.6. The third-order valence-electron chi connectivity index (χ3n) is 3.93. The van der Waals surface area contributed by atoms with Crippen LogP contribution in [0.4, 0.5) is 4.79 Å². The van der Waals surface area contributed by atoms with Crippen molar-refractivity contribution in [1.29, 1.82) is 0 Å². The molecule has 1 unspecified atom stereocenters. The standard InChI is InChI=1S/C16H22ClN3O2/c17-13-8-4-3-7-12(13)14(19-16(18)22)11-15(21)20-9-5-1-2-6-10-20/h3-4,7-8,14H,1-2,5-6,9-11H2,(H3,18,19,22). The van der Waals surface area contributed by atoms with Gasteiger partial charge < -0.3 is 16.0 Å². The summed E-state index contributed by atoms with van der Waals surface area (Å²) in [7, 11) is 0. The zero-order valence-electron chi connectivity index (χ0n) is 12.6. The van der Waals surface area contributed by atoms with E-state index in [0.29, 0.717) is 10.6 Å². The molecular weight excluding hydrogens is 302 g/mol. The summed E-state index contributed by atoms with van der Waals surface area (Å²) >= 11 is 6.18. The van der Waals surface area contributed by atoms with Crippen molar-refractivity contribution in [3.05, 3.63) is 34.9 Å². The van der Waals surface area contributed by atoms with Gasteiger partial charge in [-0.3, -0.25) is 4.79 Å². The van der Waals surface area contributed by atoms with Gasteiger partial charge in [0.1, 0.15) is 0 Å².